The molecule has 0 saturated heterocycles. The van der Waals surface area contributed by atoms with E-state index in [4.69, 9.17) is 0 Å². The number of nitrogens with one attached hydrogen (secondary N) is 1. The van der Waals surface area contributed by atoms with Gasteiger partial charge in [-0.1, -0.05) is 12.1 Å². The molecule has 0 radical (unpaired) electrons. The van der Waals surface area contributed by atoms with Crippen molar-refractivity contribution in [1.29, 1.82) is 0 Å². The van der Waals surface area contributed by atoms with Crippen molar-refractivity contribution in [3.63, 3.8) is 0 Å². The van der Waals surface area contributed by atoms with Crippen molar-refractivity contribution in [2.45, 2.75) is 6.42 Å². The molecule has 0 spiro atoms. The second-order valence-corrected chi connectivity index (χ2v) is 5.11. The molecule has 1 aliphatic heterocycles. The Balaban J connectivity index is 1.87. The van der Waals surface area contributed by atoms with Crippen molar-refractivity contribution in [2.75, 3.05) is 11.9 Å². The molecule has 1 aliphatic rings. The van der Waals surface area contributed by atoms with Crippen LogP contribution in [0, 0.1) is 0 Å². The third-order valence-corrected chi connectivity index (χ3v) is 3.87. The molecular weight excluding hydrogens is 234 g/mol. The Morgan fingerprint density at radius 3 is 2.89 bits per heavy atom. The summed E-state index contributed by atoms with van der Waals surface area (Å²) in [5.41, 5.74) is 7.47. The first kappa shape index (κ1) is 10.6. The lowest BCUT2D eigenvalue weighted by Crippen LogP contribution is -1.90. The van der Waals surface area contributed by atoms with E-state index in [1.807, 2.05) is 13.4 Å². The number of nitrogens with zero attached hydrogens (tertiary/aromatic N) is 2. The third-order valence-electron chi connectivity index (χ3n) is 3.87. The standard InChI is InChI=1S/C16H15N3/c1-19-10-18-15-5-3-12(9-16(15)19)11-2-4-14-13(8-11)6-7-17-14/h2-5,8-10,17H,6-7H2,1H3. The maximum absolute atomic E-state index is 4.36. The number of rotatable bonds is 1. The van der Waals surface area contributed by atoms with Crippen molar-refractivity contribution in [2.24, 2.45) is 7.05 Å². The molecule has 19 heavy (non-hydrogen) atoms. The summed E-state index contributed by atoms with van der Waals surface area (Å²) in [6.45, 7) is 1.06. The zero-order valence-corrected chi connectivity index (χ0v) is 10.9. The highest BCUT2D eigenvalue weighted by molar-refractivity contribution is 5.82. The number of hydrogen-bond donors (Lipinski definition) is 1. The maximum atomic E-state index is 4.36. The van der Waals surface area contributed by atoms with Gasteiger partial charge in [-0.3, -0.25) is 0 Å². The van der Waals surface area contributed by atoms with E-state index in [-0.39, 0.29) is 0 Å². The SMILES string of the molecule is Cn1cnc2ccc(-c3ccc4c(c3)CCN4)cc21. The van der Waals surface area contributed by atoms with E-state index in [1.165, 1.54) is 27.9 Å². The summed E-state index contributed by atoms with van der Waals surface area (Å²) in [5, 5.41) is 3.40. The molecule has 0 amide bonds. The number of imidazole rings is 1. The second-order valence-electron chi connectivity index (χ2n) is 5.11. The number of aryl methyl sites for hydroxylation is 1. The number of anilines is 1. The van der Waals surface area contributed by atoms with Crippen LogP contribution in [0.15, 0.2) is 42.7 Å². The maximum Gasteiger partial charge on any atom is 0.0955 e. The van der Waals surface area contributed by atoms with E-state index < -0.39 is 0 Å². The molecule has 2 heterocycles. The van der Waals surface area contributed by atoms with Gasteiger partial charge in [0.1, 0.15) is 0 Å². The summed E-state index contributed by atoms with van der Waals surface area (Å²) in [6, 6.07) is 13.1. The molecular formula is C16H15N3. The van der Waals surface area contributed by atoms with Crippen LogP contribution in [0.25, 0.3) is 22.2 Å². The Kier molecular flexibility index (Phi) is 2.15. The Labute approximate surface area is 111 Å². The zero-order valence-electron chi connectivity index (χ0n) is 10.9. The largest absolute Gasteiger partial charge is 0.384 e. The predicted molar refractivity (Wildman–Crippen MR) is 78.3 cm³/mol. The molecule has 3 aromatic rings. The van der Waals surface area contributed by atoms with Crippen LogP contribution < -0.4 is 5.32 Å². The molecule has 0 atom stereocenters. The van der Waals surface area contributed by atoms with E-state index in [1.54, 1.807) is 0 Å². The Bertz CT molecular complexity index is 771. The Hall–Kier alpha value is -2.29. The minimum atomic E-state index is 1.05. The molecule has 3 heteroatoms. The molecule has 94 valence electrons. The Morgan fingerprint density at radius 1 is 1.11 bits per heavy atom. The lowest BCUT2D eigenvalue weighted by molar-refractivity contribution is 0.948. The van der Waals surface area contributed by atoms with E-state index in [0.717, 1.165) is 18.5 Å². The van der Waals surface area contributed by atoms with E-state index >= 15 is 0 Å². The number of aromatic nitrogens is 2. The number of hydrogen-bond acceptors (Lipinski definition) is 2. The molecule has 4 rings (SSSR count). The fourth-order valence-corrected chi connectivity index (χ4v) is 2.79. The minimum absolute atomic E-state index is 1.05. The Morgan fingerprint density at radius 2 is 1.95 bits per heavy atom. The van der Waals surface area contributed by atoms with Gasteiger partial charge in [0.05, 0.1) is 17.4 Å². The molecule has 0 bridgehead atoms. The van der Waals surface area contributed by atoms with Gasteiger partial charge in [-0.05, 0) is 47.4 Å². The van der Waals surface area contributed by atoms with Crippen molar-refractivity contribution >= 4 is 16.7 Å². The van der Waals surface area contributed by atoms with Gasteiger partial charge < -0.3 is 9.88 Å². The first-order chi connectivity index (χ1) is 9.31. The van der Waals surface area contributed by atoms with Crippen LogP contribution in [0.1, 0.15) is 5.56 Å². The molecule has 0 saturated carbocycles. The summed E-state index contributed by atoms with van der Waals surface area (Å²) in [5.74, 6) is 0. The van der Waals surface area contributed by atoms with Crippen LogP contribution in [-0.4, -0.2) is 16.1 Å². The molecule has 0 unspecified atom stereocenters. The predicted octanol–water partition coefficient (Wildman–Crippen LogP) is 3.21. The first-order valence-corrected chi connectivity index (χ1v) is 6.59. The minimum Gasteiger partial charge on any atom is -0.384 e. The molecule has 0 aliphatic carbocycles. The summed E-state index contributed by atoms with van der Waals surface area (Å²) in [7, 11) is 2.03. The lowest BCUT2D eigenvalue weighted by Gasteiger charge is -2.06. The average molecular weight is 249 g/mol. The van der Waals surface area contributed by atoms with E-state index in [2.05, 4.69) is 51.3 Å². The van der Waals surface area contributed by atoms with Crippen molar-refractivity contribution < 1.29 is 0 Å². The summed E-state index contributed by atoms with van der Waals surface area (Å²) in [4.78, 5) is 4.36. The van der Waals surface area contributed by atoms with Crippen LogP contribution in [0.5, 0.6) is 0 Å². The van der Waals surface area contributed by atoms with Gasteiger partial charge in [-0.2, -0.15) is 0 Å². The quantitative estimate of drug-likeness (QED) is 0.717. The van der Waals surface area contributed by atoms with Gasteiger partial charge in [0.2, 0.25) is 0 Å². The fraction of sp³-hybridized carbons (Fsp3) is 0.188. The highest BCUT2D eigenvalue weighted by Gasteiger charge is 2.11. The summed E-state index contributed by atoms with van der Waals surface area (Å²) >= 11 is 0. The van der Waals surface area contributed by atoms with E-state index in [9.17, 15) is 0 Å². The number of benzene rings is 2. The summed E-state index contributed by atoms with van der Waals surface area (Å²) < 4.78 is 2.06. The monoisotopic (exact) mass is 249 g/mol. The fourth-order valence-electron chi connectivity index (χ4n) is 2.79. The molecule has 2 aromatic carbocycles. The van der Waals surface area contributed by atoms with E-state index in [0.29, 0.717) is 0 Å². The van der Waals surface area contributed by atoms with Crippen LogP contribution in [-0.2, 0) is 13.5 Å². The summed E-state index contributed by atoms with van der Waals surface area (Å²) in [6.07, 6.45) is 2.98. The normalized spacial score (nSPS) is 13.5. The third kappa shape index (κ3) is 1.62. The van der Waals surface area contributed by atoms with Crippen LogP contribution >= 0.6 is 0 Å². The lowest BCUT2D eigenvalue weighted by atomic mass is 10.0. The van der Waals surface area contributed by atoms with Gasteiger partial charge in [0.25, 0.3) is 0 Å². The number of fused-ring (bicyclic) bond motifs is 2. The zero-order chi connectivity index (χ0) is 12.8. The molecule has 0 fully saturated rings. The van der Waals surface area contributed by atoms with Crippen molar-refractivity contribution in [1.82, 2.24) is 9.55 Å². The van der Waals surface area contributed by atoms with Crippen LogP contribution in [0.4, 0.5) is 5.69 Å². The highest BCUT2D eigenvalue weighted by atomic mass is 15.0. The van der Waals surface area contributed by atoms with Gasteiger partial charge >= 0.3 is 0 Å². The van der Waals surface area contributed by atoms with Gasteiger partial charge in [0.15, 0.2) is 0 Å². The smallest absolute Gasteiger partial charge is 0.0955 e. The van der Waals surface area contributed by atoms with Crippen LogP contribution in [0.2, 0.25) is 0 Å². The topological polar surface area (TPSA) is 29.9 Å². The average Bonchev–Trinajstić information content (AvgIpc) is 3.05. The van der Waals surface area contributed by atoms with Crippen molar-refractivity contribution in [3.05, 3.63) is 48.3 Å². The highest BCUT2D eigenvalue weighted by Crippen LogP contribution is 2.29. The first-order valence-electron chi connectivity index (χ1n) is 6.59. The van der Waals surface area contributed by atoms with Gasteiger partial charge in [-0.15, -0.1) is 0 Å². The van der Waals surface area contributed by atoms with Crippen molar-refractivity contribution in [3.8, 4) is 11.1 Å². The second kappa shape index (κ2) is 3.85. The molecule has 3 nitrogen and oxygen atoms in total. The van der Waals surface area contributed by atoms with Gasteiger partial charge in [-0.25, -0.2) is 4.98 Å². The molecule has 1 aromatic heterocycles. The molecule has 1 N–H and O–H groups in total. The van der Waals surface area contributed by atoms with Gasteiger partial charge in [0, 0.05) is 19.3 Å². The van der Waals surface area contributed by atoms with Crippen LogP contribution in [0.3, 0.4) is 0 Å².